The third-order valence-electron chi connectivity index (χ3n) is 4.50. The van der Waals surface area contributed by atoms with Gasteiger partial charge < -0.3 is 5.32 Å². The Kier molecular flexibility index (Phi) is 6.95. The summed E-state index contributed by atoms with van der Waals surface area (Å²) in [4.78, 5) is 12.6. The molecule has 0 saturated carbocycles. The highest BCUT2D eigenvalue weighted by molar-refractivity contribution is 7.89. The zero-order valence-corrected chi connectivity index (χ0v) is 17.3. The molecular formula is C22H18F4N2O3S. The maximum absolute atomic E-state index is 13.1. The highest BCUT2D eigenvalue weighted by Crippen LogP contribution is 2.29. The number of hydrogen-bond acceptors (Lipinski definition) is 3. The van der Waals surface area contributed by atoms with E-state index in [-0.39, 0.29) is 17.0 Å². The summed E-state index contributed by atoms with van der Waals surface area (Å²) in [7, 11) is -4.19. The van der Waals surface area contributed by atoms with E-state index in [1.165, 1.54) is 0 Å². The first-order valence-corrected chi connectivity index (χ1v) is 10.8. The molecule has 3 aromatic rings. The number of benzene rings is 3. The average Bonchev–Trinajstić information content (AvgIpc) is 2.74. The second kappa shape index (κ2) is 9.49. The van der Waals surface area contributed by atoms with Crippen molar-refractivity contribution in [3.05, 3.63) is 95.8 Å². The third-order valence-corrected chi connectivity index (χ3v) is 5.99. The molecule has 0 aliphatic heterocycles. The van der Waals surface area contributed by atoms with Gasteiger partial charge in [0, 0.05) is 5.69 Å². The van der Waals surface area contributed by atoms with E-state index in [2.05, 4.69) is 10.0 Å². The standard InChI is InChI=1S/C22H18F4N2O3S/c23-17-8-12-19(13-9-17)32(30,31)28-20(14-15-4-2-1-3-5-15)21(29)27-18-10-6-16(7-11-18)22(24,25)26/h1-13,20,28H,14H2,(H,27,29)/t20-/m1/s1. The van der Waals surface area contributed by atoms with Crippen LogP contribution in [0.25, 0.3) is 0 Å². The molecule has 0 saturated heterocycles. The van der Waals surface area contributed by atoms with Crippen LogP contribution < -0.4 is 10.0 Å². The zero-order valence-electron chi connectivity index (χ0n) is 16.4. The molecule has 0 bridgehead atoms. The number of anilines is 1. The summed E-state index contributed by atoms with van der Waals surface area (Å²) >= 11 is 0. The molecule has 1 amide bonds. The topological polar surface area (TPSA) is 75.3 Å². The van der Waals surface area contributed by atoms with Crippen LogP contribution in [0.1, 0.15) is 11.1 Å². The molecule has 0 aliphatic rings. The van der Waals surface area contributed by atoms with Crippen LogP contribution in [0, 0.1) is 5.82 Å². The van der Waals surface area contributed by atoms with E-state index in [1.54, 1.807) is 30.3 Å². The van der Waals surface area contributed by atoms with Crippen molar-refractivity contribution in [1.29, 1.82) is 0 Å². The summed E-state index contributed by atoms with van der Waals surface area (Å²) in [6.45, 7) is 0. The lowest BCUT2D eigenvalue weighted by molar-refractivity contribution is -0.137. The molecule has 10 heteroatoms. The number of hydrogen-bond donors (Lipinski definition) is 2. The van der Waals surface area contributed by atoms with Gasteiger partial charge in [-0.2, -0.15) is 17.9 Å². The maximum atomic E-state index is 13.1. The second-order valence-electron chi connectivity index (χ2n) is 6.88. The van der Waals surface area contributed by atoms with E-state index in [4.69, 9.17) is 0 Å². The molecule has 0 heterocycles. The smallest absolute Gasteiger partial charge is 0.325 e. The summed E-state index contributed by atoms with van der Waals surface area (Å²) in [5, 5.41) is 2.43. The second-order valence-corrected chi connectivity index (χ2v) is 8.60. The lowest BCUT2D eigenvalue weighted by atomic mass is 10.1. The maximum Gasteiger partial charge on any atom is 0.416 e. The molecule has 1 atom stereocenters. The van der Waals surface area contributed by atoms with Gasteiger partial charge in [-0.1, -0.05) is 30.3 Å². The minimum Gasteiger partial charge on any atom is -0.325 e. The summed E-state index contributed by atoms with van der Waals surface area (Å²) < 4.78 is 79.1. The number of nitrogens with one attached hydrogen (secondary N) is 2. The van der Waals surface area contributed by atoms with Crippen LogP contribution in [0.2, 0.25) is 0 Å². The van der Waals surface area contributed by atoms with Crippen molar-refractivity contribution < 1.29 is 30.8 Å². The molecule has 0 aliphatic carbocycles. The summed E-state index contributed by atoms with van der Waals surface area (Å²) in [5.41, 5.74) is -0.155. The van der Waals surface area contributed by atoms with Gasteiger partial charge in [0.1, 0.15) is 11.9 Å². The number of halogens is 4. The first-order valence-electron chi connectivity index (χ1n) is 9.34. The Morgan fingerprint density at radius 2 is 1.47 bits per heavy atom. The minimum atomic E-state index is -4.52. The zero-order chi connectivity index (χ0) is 23.4. The predicted molar refractivity (Wildman–Crippen MR) is 111 cm³/mol. The first-order chi connectivity index (χ1) is 15.0. The lowest BCUT2D eigenvalue weighted by Crippen LogP contribution is -2.45. The van der Waals surface area contributed by atoms with E-state index >= 15 is 0 Å². The Morgan fingerprint density at radius 1 is 0.875 bits per heavy atom. The van der Waals surface area contributed by atoms with E-state index in [1.807, 2.05) is 0 Å². The Balaban J connectivity index is 1.83. The van der Waals surface area contributed by atoms with Gasteiger partial charge in [-0.25, -0.2) is 12.8 Å². The molecular weight excluding hydrogens is 448 g/mol. The van der Waals surface area contributed by atoms with Crippen molar-refractivity contribution in [3.63, 3.8) is 0 Å². The Bertz CT molecular complexity index is 1160. The number of amides is 1. The molecule has 0 radical (unpaired) electrons. The van der Waals surface area contributed by atoms with Crippen LogP contribution >= 0.6 is 0 Å². The number of sulfonamides is 1. The predicted octanol–water partition coefficient (Wildman–Crippen LogP) is 4.37. The van der Waals surface area contributed by atoms with Crippen molar-refractivity contribution in [3.8, 4) is 0 Å². The Labute approximate surface area is 182 Å². The van der Waals surface area contributed by atoms with Crippen molar-refractivity contribution in [2.24, 2.45) is 0 Å². The summed E-state index contributed by atoms with van der Waals surface area (Å²) in [6, 6.07) is 15.2. The van der Waals surface area contributed by atoms with Gasteiger partial charge in [-0.05, 0) is 60.5 Å². The molecule has 0 unspecified atom stereocenters. The third kappa shape index (κ3) is 6.14. The van der Waals surface area contributed by atoms with Gasteiger partial charge in [-0.15, -0.1) is 0 Å². The molecule has 2 N–H and O–H groups in total. The number of carbonyl (C=O) groups is 1. The van der Waals surface area contributed by atoms with Crippen LogP contribution in [0.5, 0.6) is 0 Å². The van der Waals surface area contributed by atoms with Gasteiger partial charge in [0.2, 0.25) is 15.9 Å². The largest absolute Gasteiger partial charge is 0.416 e. The molecule has 0 spiro atoms. The highest BCUT2D eigenvalue weighted by Gasteiger charge is 2.30. The van der Waals surface area contributed by atoms with Crippen molar-refractivity contribution in [2.45, 2.75) is 23.5 Å². The van der Waals surface area contributed by atoms with Crippen LogP contribution in [0.3, 0.4) is 0 Å². The fraction of sp³-hybridized carbons (Fsp3) is 0.136. The summed E-state index contributed by atoms with van der Waals surface area (Å²) in [6.07, 6.45) is -4.54. The molecule has 168 valence electrons. The normalized spacial score (nSPS) is 12.9. The monoisotopic (exact) mass is 466 g/mol. The SMILES string of the molecule is O=C(Nc1ccc(C(F)(F)F)cc1)[C@@H](Cc1ccccc1)NS(=O)(=O)c1ccc(F)cc1. The van der Waals surface area contributed by atoms with E-state index in [0.29, 0.717) is 5.56 Å². The van der Waals surface area contributed by atoms with Gasteiger partial charge in [0.15, 0.2) is 0 Å². The van der Waals surface area contributed by atoms with E-state index in [0.717, 1.165) is 48.5 Å². The fourth-order valence-electron chi connectivity index (χ4n) is 2.88. The van der Waals surface area contributed by atoms with Gasteiger partial charge >= 0.3 is 6.18 Å². The van der Waals surface area contributed by atoms with Crippen molar-refractivity contribution in [1.82, 2.24) is 4.72 Å². The van der Waals surface area contributed by atoms with E-state index < -0.39 is 39.5 Å². The number of carbonyl (C=O) groups excluding carboxylic acids is 1. The average molecular weight is 466 g/mol. The van der Waals surface area contributed by atoms with Crippen molar-refractivity contribution in [2.75, 3.05) is 5.32 Å². The lowest BCUT2D eigenvalue weighted by Gasteiger charge is -2.19. The molecule has 3 aromatic carbocycles. The fourth-order valence-corrected chi connectivity index (χ4v) is 4.07. The Hall–Kier alpha value is -3.24. The van der Waals surface area contributed by atoms with Crippen LogP contribution in [0.4, 0.5) is 23.2 Å². The molecule has 3 rings (SSSR count). The molecule has 0 fully saturated rings. The number of alkyl halides is 3. The molecule has 32 heavy (non-hydrogen) atoms. The van der Waals surface area contributed by atoms with E-state index in [9.17, 15) is 30.8 Å². The summed E-state index contributed by atoms with van der Waals surface area (Å²) in [5.74, 6) is -1.39. The van der Waals surface area contributed by atoms with Crippen LogP contribution in [-0.2, 0) is 27.4 Å². The van der Waals surface area contributed by atoms with Gasteiger partial charge in [-0.3, -0.25) is 4.79 Å². The minimum absolute atomic E-state index is 0.0201. The first kappa shape index (κ1) is 23.4. The quantitative estimate of drug-likeness (QED) is 0.508. The molecule has 5 nitrogen and oxygen atoms in total. The van der Waals surface area contributed by atoms with Crippen molar-refractivity contribution >= 4 is 21.6 Å². The van der Waals surface area contributed by atoms with Crippen LogP contribution in [0.15, 0.2) is 83.8 Å². The van der Waals surface area contributed by atoms with Gasteiger partial charge in [0.25, 0.3) is 0 Å². The van der Waals surface area contributed by atoms with Gasteiger partial charge in [0.05, 0.1) is 10.5 Å². The number of rotatable bonds is 7. The molecule has 0 aromatic heterocycles. The Morgan fingerprint density at radius 3 is 2.03 bits per heavy atom. The van der Waals surface area contributed by atoms with Crippen LogP contribution in [-0.4, -0.2) is 20.4 Å². The highest BCUT2D eigenvalue weighted by atomic mass is 32.2.